The minimum absolute atomic E-state index is 0.0231. The summed E-state index contributed by atoms with van der Waals surface area (Å²) in [4.78, 5) is 23.4. The van der Waals surface area contributed by atoms with Crippen molar-refractivity contribution in [1.29, 1.82) is 0 Å². The van der Waals surface area contributed by atoms with Crippen LogP contribution < -0.4 is 5.32 Å². The van der Waals surface area contributed by atoms with E-state index >= 15 is 0 Å². The highest BCUT2D eigenvalue weighted by atomic mass is 35.5. The summed E-state index contributed by atoms with van der Waals surface area (Å²) < 4.78 is 4.75. The standard InChI is InChI=1S/C8H15ClN2O3/c1-11(8(13)5-9)6-7(12)10-3-4-14-2/h3-6H2,1-2H3,(H,10,12). The predicted molar refractivity (Wildman–Crippen MR) is 53.2 cm³/mol. The van der Waals surface area contributed by atoms with E-state index in [2.05, 4.69) is 5.32 Å². The molecule has 0 unspecified atom stereocenters. The Balaban J connectivity index is 3.65. The summed E-state index contributed by atoms with van der Waals surface area (Å²) in [5, 5.41) is 2.59. The monoisotopic (exact) mass is 222 g/mol. The summed E-state index contributed by atoms with van der Waals surface area (Å²) in [5.74, 6) is -0.599. The van der Waals surface area contributed by atoms with E-state index in [1.165, 1.54) is 11.9 Å². The lowest BCUT2D eigenvalue weighted by Gasteiger charge is -2.14. The Labute approximate surface area is 88.3 Å². The molecule has 0 rings (SSSR count). The Kier molecular flexibility index (Phi) is 7.14. The second kappa shape index (κ2) is 7.58. The fourth-order valence-electron chi connectivity index (χ4n) is 0.754. The van der Waals surface area contributed by atoms with Gasteiger partial charge in [0.1, 0.15) is 5.88 Å². The molecular formula is C8H15ClN2O3. The number of ether oxygens (including phenoxy) is 1. The van der Waals surface area contributed by atoms with Gasteiger partial charge in [0.05, 0.1) is 13.2 Å². The van der Waals surface area contributed by atoms with E-state index in [-0.39, 0.29) is 24.2 Å². The van der Waals surface area contributed by atoms with Crippen molar-refractivity contribution in [2.45, 2.75) is 0 Å². The molecule has 0 fully saturated rings. The van der Waals surface area contributed by atoms with Gasteiger partial charge in [-0.25, -0.2) is 0 Å². The molecule has 0 aliphatic heterocycles. The molecular weight excluding hydrogens is 208 g/mol. The van der Waals surface area contributed by atoms with Gasteiger partial charge >= 0.3 is 0 Å². The number of hydrogen-bond acceptors (Lipinski definition) is 3. The molecule has 0 aliphatic carbocycles. The van der Waals surface area contributed by atoms with Gasteiger partial charge in [-0.2, -0.15) is 0 Å². The third kappa shape index (κ3) is 5.77. The lowest BCUT2D eigenvalue weighted by molar-refractivity contribution is -0.132. The first kappa shape index (κ1) is 13.2. The number of carbonyl (C=O) groups excluding carboxylic acids is 2. The van der Waals surface area contributed by atoms with Crippen molar-refractivity contribution in [3.63, 3.8) is 0 Å². The maximum atomic E-state index is 11.1. The van der Waals surface area contributed by atoms with Gasteiger partial charge in [0.15, 0.2) is 0 Å². The number of likely N-dealkylation sites (N-methyl/N-ethyl adjacent to an activating group) is 1. The van der Waals surface area contributed by atoms with E-state index in [1.54, 1.807) is 7.11 Å². The minimum Gasteiger partial charge on any atom is -0.383 e. The summed E-state index contributed by atoms with van der Waals surface area (Å²) in [7, 11) is 3.08. The van der Waals surface area contributed by atoms with Crippen LogP contribution in [0.2, 0.25) is 0 Å². The van der Waals surface area contributed by atoms with Crippen LogP contribution in [0.4, 0.5) is 0 Å². The first-order chi connectivity index (χ1) is 6.61. The number of rotatable bonds is 6. The third-order valence-corrected chi connectivity index (χ3v) is 1.78. The van der Waals surface area contributed by atoms with Gasteiger partial charge in [0, 0.05) is 20.7 Å². The molecule has 5 nitrogen and oxygen atoms in total. The molecule has 0 aromatic rings. The van der Waals surface area contributed by atoms with Gasteiger partial charge in [-0.15, -0.1) is 11.6 Å². The topological polar surface area (TPSA) is 58.6 Å². The van der Waals surface area contributed by atoms with Crippen LogP contribution in [-0.4, -0.2) is 56.4 Å². The van der Waals surface area contributed by atoms with E-state index in [4.69, 9.17) is 16.3 Å². The van der Waals surface area contributed by atoms with E-state index < -0.39 is 0 Å². The summed E-state index contributed by atoms with van der Waals surface area (Å²) in [6, 6.07) is 0. The van der Waals surface area contributed by atoms with Crippen molar-refractivity contribution in [3.05, 3.63) is 0 Å². The number of alkyl halides is 1. The summed E-state index contributed by atoms with van der Waals surface area (Å²) >= 11 is 5.31. The van der Waals surface area contributed by atoms with Crippen LogP contribution in [0.15, 0.2) is 0 Å². The number of hydrogen-bond donors (Lipinski definition) is 1. The first-order valence-corrected chi connectivity index (χ1v) is 4.70. The van der Waals surface area contributed by atoms with Crippen LogP contribution >= 0.6 is 11.6 Å². The molecule has 0 bridgehead atoms. The van der Waals surface area contributed by atoms with Crippen molar-refractivity contribution in [3.8, 4) is 0 Å². The Bertz CT molecular complexity index is 199. The second-order valence-corrected chi connectivity index (χ2v) is 2.99. The molecule has 0 atom stereocenters. The number of nitrogens with zero attached hydrogens (tertiary/aromatic N) is 1. The fourth-order valence-corrected chi connectivity index (χ4v) is 0.958. The fraction of sp³-hybridized carbons (Fsp3) is 0.750. The molecule has 0 aromatic heterocycles. The molecule has 0 heterocycles. The van der Waals surface area contributed by atoms with E-state index in [1.807, 2.05) is 0 Å². The zero-order valence-electron chi connectivity index (χ0n) is 8.38. The lowest BCUT2D eigenvalue weighted by Crippen LogP contribution is -2.39. The Morgan fingerprint density at radius 1 is 1.50 bits per heavy atom. The highest BCUT2D eigenvalue weighted by Crippen LogP contribution is 1.87. The van der Waals surface area contributed by atoms with Gasteiger partial charge in [0.25, 0.3) is 0 Å². The second-order valence-electron chi connectivity index (χ2n) is 2.73. The van der Waals surface area contributed by atoms with E-state index in [0.717, 1.165) is 0 Å². The molecule has 6 heteroatoms. The van der Waals surface area contributed by atoms with Crippen molar-refractivity contribution in [2.24, 2.45) is 0 Å². The number of amides is 2. The number of nitrogens with one attached hydrogen (secondary N) is 1. The Morgan fingerprint density at radius 3 is 2.64 bits per heavy atom. The maximum absolute atomic E-state index is 11.1. The maximum Gasteiger partial charge on any atom is 0.239 e. The number of halogens is 1. The quantitative estimate of drug-likeness (QED) is 0.485. The van der Waals surface area contributed by atoms with Crippen LogP contribution in [0.25, 0.3) is 0 Å². The van der Waals surface area contributed by atoms with Crippen LogP contribution in [0.3, 0.4) is 0 Å². The molecule has 0 radical (unpaired) electrons. The van der Waals surface area contributed by atoms with Gasteiger partial charge in [0.2, 0.25) is 11.8 Å². The van der Waals surface area contributed by atoms with Crippen LogP contribution in [0.1, 0.15) is 0 Å². The normalized spacial score (nSPS) is 9.64. The molecule has 2 amide bonds. The molecule has 82 valence electrons. The van der Waals surface area contributed by atoms with Crippen molar-refractivity contribution in [1.82, 2.24) is 10.2 Å². The summed E-state index contributed by atoms with van der Waals surface area (Å²) in [5.41, 5.74) is 0. The van der Waals surface area contributed by atoms with Gasteiger partial charge < -0.3 is 15.0 Å². The average Bonchev–Trinajstić information content (AvgIpc) is 2.16. The average molecular weight is 223 g/mol. The molecule has 14 heavy (non-hydrogen) atoms. The SMILES string of the molecule is COCCNC(=O)CN(C)C(=O)CCl. The Morgan fingerprint density at radius 2 is 2.14 bits per heavy atom. The number of methoxy groups -OCH3 is 1. The highest BCUT2D eigenvalue weighted by molar-refractivity contribution is 6.27. The third-order valence-electron chi connectivity index (χ3n) is 1.55. The van der Waals surface area contributed by atoms with Gasteiger partial charge in [-0.1, -0.05) is 0 Å². The largest absolute Gasteiger partial charge is 0.383 e. The van der Waals surface area contributed by atoms with Gasteiger partial charge in [-0.05, 0) is 0 Å². The predicted octanol–water partition coefficient (Wildman–Crippen LogP) is -0.554. The Hall–Kier alpha value is -0.810. The zero-order valence-corrected chi connectivity index (χ0v) is 9.13. The number of carbonyl (C=O) groups is 2. The molecule has 1 N–H and O–H groups in total. The van der Waals surface area contributed by atoms with Crippen molar-refractivity contribution < 1.29 is 14.3 Å². The van der Waals surface area contributed by atoms with Crippen molar-refractivity contribution in [2.75, 3.05) is 39.7 Å². The molecule has 0 saturated carbocycles. The summed E-state index contributed by atoms with van der Waals surface area (Å²) in [6.45, 7) is 0.923. The molecule has 0 aromatic carbocycles. The molecule has 0 saturated heterocycles. The van der Waals surface area contributed by atoms with Crippen LogP contribution in [0, 0.1) is 0 Å². The summed E-state index contributed by atoms with van der Waals surface area (Å²) in [6.07, 6.45) is 0. The molecule has 0 spiro atoms. The molecule has 0 aliphatic rings. The lowest BCUT2D eigenvalue weighted by atomic mass is 10.5. The van der Waals surface area contributed by atoms with Gasteiger partial charge in [-0.3, -0.25) is 9.59 Å². The van der Waals surface area contributed by atoms with E-state index in [0.29, 0.717) is 13.2 Å². The minimum atomic E-state index is -0.270. The van der Waals surface area contributed by atoms with Crippen molar-refractivity contribution >= 4 is 23.4 Å². The van der Waals surface area contributed by atoms with Crippen LogP contribution in [-0.2, 0) is 14.3 Å². The zero-order chi connectivity index (χ0) is 11.0. The van der Waals surface area contributed by atoms with E-state index in [9.17, 15) is 9.59 Å². The van der Waals surface area contributed by atoms with Crippen LogP contribution in [0.5, 0.6) is 0 Å². The highest BCUT2D eigenvalue weighted by Gasteiger charge is 2.10. The first-order valence-electron chi connectivity index (χ1n) is 4.17. The smallest absolute Gasteiger partial charge is 0.239 e.